The van der Waals surface area contributed by atoms with Crippen LogP contribution in [0.2, 0.25) is 5.15 Å². The Morgan fingerprint density at radius 2 is 2.41 bits per heavy atom. The molecule has 7 heteroatoms. The van der Waals surface area contributed by atoms with Gasteiger partial charge in [-0.1, -0.05) is 11.6 Å². The van der Waals surface area contributed by atoms with Crippen LogP contribution >= 0.6 is 23.4 Å². The van der Waals surface area contributed by atoms with Crippen LogP contribution in [0.3, 0.4) is 0 Å². The third kappa shape index (κ3) is 3.08. The molecule has 1 unspecified atom stereocenters. The maximum absolute atomic E-state index is 12.3. The first-order chi connectivity index (χ1) is 10.7. The van der Waals surface area contributed by atoms with Crippen molar-refractivity contribution < 1.29 is 4.79 Å². The maximum atomic E-state index is 12.3. The van der Waals surface area contributed by atoms with Gasteiger partial charge in [-0.25, -0.2) is 9.97 Å². The van der Waals surface area contributed by atoms with Crippen molar-refractivity contribution in [2.24, 2.45) is 5.92 Å². The van der Waals surface area contributed by atoms with Crippen LogP contribution in [-0.4, -0.2) is 39.4 Å². The fourth-order valence-corrected chi connectivity index (χ4v) is 3.68. The molecule has 2 heterocycles. The topological polar surface area (TPSA) is 70.7 Å². The molecule has 0 saturated carbocycles. The Hall–Kier alpha value is -1.27. The highest BCUT2D eigenvalue weighted by molar-refractivity contribution is 7.98. The molecule has 2 N–H and O–H groups in total. The molecule has 1 atom stereocenters. The van der Waals surface area contributed by atoms with Crippen molar-refractivity contribution in [2.75, 3.05) is 18.6 Å². The van der Waals surface area contributed by atoms with Gasteiger partial charge >= 0.3 is 0 Å². The van der Waals surface area contributed by atoms with Crippen molar-refractivity contribution in [1.82, 2.24) is 20.3 Å². The number of aryl methyl sites for hydroxylation is 1. The number of aromatic amines is 1. The maximum Gasteiger partial charge on any atom is 0.223 e. The summed E-state index contributed by atoms with van der Waals surface area (Å²) in [6.07, 6.45) is 6.97. The summed E-state index contributed by atoms with van der Waals surface area (Å²) in [5.74, 6) is 1.23. The van der Waals surface area contributed by atoms with Crippen molar-refractivity contribution in [3.63, 3.8) is 0 Å². The summed E-state index contributed by atoms with van der Waals surface area (Å²) in [4.78, 5) is 23.9. The van der Waals surface area contributed by atoms with Crippen LogP contribution in [-0.2, 0) is 17.6 Å². The molecule has 0 saturated heterocycles. The lowest BCUT2D eigenvalue weighted by molar-refractivity contribution is -0.125. The van der Waals surface area contributed by atoms with Gasteiger partial charge in [0.05, 0.1) is 5.39 Å². The summed E-state index contributed by atoms with van der Waals surface area (Å²) in [7, 11) is 0. The fourth-order valence-electron chi connectivity index (χ4n) is 3.00. The summed E-state index contributed by atoms with van der Waals surface area (Å²) in [6.45, 7) is 0.751. The third-order valence-electron chi connectivity index (χ3n) is 4.12. The number of hydrogen-bond donors (Lipinski definition) is 2. The molecule has 2 aromatic heterocycles. The van der Waals surface area contributed by atoms with Gasteiger partial charge in [-0.2, -0.15) is 11.8 Å². The van der Waals surface area contributed by atoms with Crippen molar-refractivity contribution in [3.8, 4) is 0 Å². The average Bonchev–Trinajstić information content (AvgIpc) is 2.90. The molecule has 1 amide bonds. The number of H-pyrrole nitrogens is 1. The second-order valence-corrected chi connectivity index (χ2v) is 6.89. The van der Waals surface area contributed by atoms with E-state index in [2.05, 4.69) is 26.5 Å². The lowest BCUT2D eigenvalue weighted by Crippen LogP contribution is -2.34. The quantitative estimate of drug-likeness (QED) is 0.649. The molecule has 1 aliphatic rings. The highest BCUT2D eigenvalue weighted by Gasteiger charge is 2.28. The van der Waals surface area contributed by atoms with Gasteiger partial charge in [0.15, 0.2) is 0 Å². The van der Waals surface area contributed by atoms with Crippen molar-refractivity contribution in [3.05, 3.63) is 22.7 Å². The number of halogens is 1. The number of amides is 1. The van der Waals surface area contributed by atoms with E-state index in [0.29, 0.717) is 11.6 Å². The highest BCUT2D eigenvalue weighted by atomic mass is 35.5. The lowest BCUT2D eigenvalue weighted by atomic mass is 9.86. The van der Waals surface area contributed by atoms with Gasteiger partial charge in [0.25, 0.3) is 0 Å². The summed E-state index contributed by atoms with van der Waals surface area (Å²) < 4.78 is 0. The molecule has 118 valence electrons. The molecule has 2 aromatic rings. The van der Waals surface area contributed by atoms with Gasteiger partial charge in [-0.15, -0.1) is 0 Å². The van der Waals surface area contributed by atoms with E-state index in [1.807, 2.05) is 0 Å². The van der Waals surface area contributed by atoms with E-state index < -0.39 is 0 Å². The number of hydrogen-bond acceptors (Lipinski definition) is 4. The highest BCUT2D eigenvalue weighted by Crippen LogP contribution is 2.33. The van der Waals surface area contributed by atoms with Crippen LogP contribution in [0.15, 0.2) is 6.33 Å². The van der Waals surface area contributed by atoms with Crippen LogP contribution in [0.4, 0.5) is 0 Å². The van der Waals surface area contributed by atoms with Gasteiger partial charge < -0.3 is 10.3 Å². The van der Waals surface area contributed by atoms with Gasteiger partial charge in [0.1, 0.15) is 17.1 Å². The Balaban J connectivity index is 1.73. The summed E-state index contributed by atoms with van der Waals surface area (Å²) in [5.41, 5.74) is 3.02. The average molecular weight is 339 g/mol. The van der Waals surface area contributed by atoms with Crippen LogP contribution in [0.1, 0.15) is 24.1 Å². The predicted molar refractivity (Wildman–Crippen MR) is 90.4 cm³/mol. The first kappa shape index (κ1) is 15.6. The van der Waals surface area contributed by atoms with E-state index >= 15 is 0 Å². The number of carbonyl (C=O) groups excluding carboxylic acids is 1. The zero-order valence-electron chi connectivity index (χ0n) is 12.5. The molecule has 22 heavy (non-hydrogen) atoms. The Bertz CT molecular complexity index is 687. The monoisotopic (exact) mass is 338 g/mol. The third-order valence-corrected chi connectivity index (χ3v) is 5.11. The molecule has 0 aromatic carbocycles. The molecular weight excluding hydrogens is 320 g/mol. The molecule has 0 fully saturated rings. The van der Waals surface area contributed by atoms with Crippen molar-refractivity contribution in [1.29, 1.82) is 0 Å². The number of nitrogens with zero attached hydrogens (tertiary/aromatic N) is 2. The van der Waals surface area contributed by atoms with Gasteiger partial charge in [-0.05, 0) is 43.3 Å². The van der Waals surface area contributed by atoms with E-state index in [1.54, 1.807) is 11.8 Å². The summed E-state index contributed by atoms with van der Waals surface area (Å²) >= 11 is 8.01. The van der Waals surface area contributed by atoms with E-state index in [4.69, 9.17) is 11.6 Å². The van der Waals surface area contributed by atoms with Crippen molar-refractivity contribution in [2.45, 2.75) is 25.7 Å². The number of nitrogens with one attached hydrogen (secondary N) is 2. The Labute approximate surface area is 138 Å². The Kier molecular flexibility index (Phi) is 4.88. The number of rotatable bonds is 5. The molecule has 0 aliphatic heterocycles. The summed E-state index contributed by atoms with van der Waals surface area (Å²) in [6, 6.07) is 0. The second-order valence-electron chi connectivity index (χ2n) is 5.55. The van der Waals surface area contributed by atoms with E-state index in [9.17, 15) is 4.79 Å². The van der Waals surface area contributed by atoms with E-state index in [0.717, 1.165) is 53.9 Å². The molecule has 0 bridgehead atoms. The molecule has 5 nitrogen and oxygen atoms in total. The minimum Gasteiger partial charge on any atom is -0.356 e. The first-order valence-electron chi connectivity index (χ1n) is 7.47. The molecule has 1 aliphatic carbocycles. The number of carbonyl (C=O) groups is 1. The summed E-state index contributed by atoms with van der Waals surface area (Å²) in [5, 5.41) is 4.38. The van der Waals surface area contributed by atoms with Crippen LogP contribution in [0.25, 0.3) is 11.0 Å². The molecule has 0 spiro atoms. The van der Waals surface area contributed by atoms with Crippen LogP contribution in [0, 0.1) is 5.92 Å². The number of thioether (sulfide) groups is 1. The SMILES string of the molecule is CSCCCNC(=O)C1CCc2[nH]c3ncnc(Cl)c3c2C1. The first-order valence-corrected chi connectivity index (χ1v) is 9.24. The smallest absolute Gasteiger partial charge is 0.223 e. The standard InChI is InChI=1S/C15H19ClN4OS/c1-22-6-2-5-17-15(21)9-3-4-11-10(7-9)12-13(16)18-8-19-14(12)20-11/h8-9H,2-7H2,1H3,(H,17,21)(H,18,19,20). The molecule has 3 rings (SSSR count). The minimum absolute atomic E-state index is 0.0112. The predicted octanol–water partition coefficient (Wildman–Crippen LogP) is 2.59. The fraction of sp³-hybridized carbons (Fsp3) is 0.533. The molecule has 0 radical (unpaired) electrons. The lowest BCUT2D eigenvalue weighted by Gasteiger charge is -2.21. The zero-order valence-corrected chi connectivity index (χ0v) is 14.1. The normalized spacial score (nSPS) is 17.5. The minimum atomic E-state index is 0.0112. The van der Waals surface area contributed by atoms with Crippen LogP contribution in [0.5, 0.6) is 0 Å². The Morgan fingerprint density at radius 3 is 3.23 bits per heavy atom. The second kappa shape index (κ2) is 6.87. The number of aromatic nitrogens is 3. The van der Waals surface area contributed by atoms with Gasteiger partial charge in [0, 0.05) is 18.2 Å². The van der Waals surface area contributed by atoms with Gasteiger partial charge in [0.2, 0.25) is 5.91 Å². The van der Waals surface area contributed by atoms with Gasteiger partial charge in [-0.3, -0.25) is 4.79 Å². The zero-order chi connectivity index (χ0) is 15.5. The van der Waals surface area contributed by atoms with E-state index in [1.165, 1.54) is 6.33 Å². The number of fused-ring (bicyclic) bond motifs is 3. The largest absolute Gasteiger partial charge is 0.356 e. The van der Waals surface area contributed by atoms with E-state index in [-0.39, 0.29) is 11.8 Å². The Morgan fingerprint density at radius 1 is 1.55 bits per heavy atom. The molecular formula is C15H19ClN4OS. The van der Waals surface area contributed by atoms with Crippen LogP contribution < -0.4 is 5.32 Å². The van der Waals surface area contributed by atoms with Crippen molar-refractivity contribution >= 4 is 40.3 Å².